The van der Waals surface area contributed by atoms with Crippen molar-refractivity contribution < 1.29 is 35.9 Å². The van der Waals surface area contributed by atoms with Gasteiger partial charge in [0.15, 0.2) is 0 Å². The molecular formula is C13H11F6NO2. The van der Waals surface area contributed by atoms with Crippen molar-refractivity contribution in [1.82, 2.24) is 5.32 Å². The molecule has 1 aromatic carbocycles. The first kappa shape index (κ1) is 16.4. The third kappa shape index (κ3) is 4.28. The van der Waals surface area contributed by atoms with E-state index in [1.54, 1.807) is 5.32 Å². The maximum atomic E-state index is 12.3. The second kappa shape index (κ2) is 5.69. The number of benzene rings is 1. The first-order chi connectivity index (χ1) is 10.0. The lowest BCUT2D eigenvalue weighted by Crippen LogP contribution is -2.48. The molecule has 1 aliphatic rings. The quantitative estimate of drug-likeness (QED) is 0.849. The van der Waals surface area contributed by atoms with Crippen molar-refractivity contribution in [3.8, 4) is 5.75 Å². The van der Waals surface area contributed by atoms with Crippen LogP contribution in [-0.4, -0.2) is 30.9 Å². The van der Waals surface area contributed by atoms with Crippen LogP contribution in [0.15, 0.2) is 18.2 Å². The molecule has 1 heterocycles. The first-order valence-corrected chi connectivity index (χ1v) is 6.23. The molecule has 0 radical (unpaired) electrons. The molecule has 0 fully saturated rings. The molecule has 3 nitrogen and oxygen atoms in total. The number of carbonyl (C=O) groups excluding carboxylic acids is 1. The second-order valence-electron chi connectivity index (χ2n) is 4.92. The van der Waals surface area contributed by atoms with Crippen LogP contribution in [0.2, 0.25) is 0 Å². The molecule has 0 saturated carbocycles. The summed E-state index contributed by atoms with van der Waals surface area (Å²) in [5.41, 5.74) is 0.318. The molecule has 0 bridgehead atoms. The predicted octanol–water partition coefficient (Wildman–Crippen LogP) is 2.77. The van der Waals surface area contributed by atoms with E-state index in [4.69, 9.17) is 4.74 Å². The van der Waals surface area contributed by atoms with Crippen LogP contribution in [0, 0.1) is 0 Å². The summed E-state index contributed by atoms with van der Waals surface area (Å²) in [7, 11) is 0. The Balaban J connectivity index is 2.08. The summed E-state index contributed by atoms with van der Waals surface area (Å²) in [6.45, 7) is -0.173. The Bertz CT molecular complexity index is 567. The van der Waals surface area contributed by atoms with E-state index in [-0.39, 0.29) is 18.6 Å². The molecule has 0 unspecified atom stereocenters. The van der Waals surface area contributed by atoms with Gasteiger partial charge in [0.1, 0.15) is 12.4 Å². The molecule has 0 aromatic heterocycles. The van der Waals surface area contributed by atoms with E-state index in [0.29, 0.717) is 11.3 Å². The number of carbonyl (C=O) groups is 1. The number of hydrogen-bond acceptors (Lipinski definition) is 2. The number of hydrogen-bond donors (Lipinski definition) is 1. The van der Waals surface area contributed by atoms with E-state index in [2.05, 4.69) is 0 Å². The van der Waals surface area contributed by atoms with Crippen molar-refractivity contribution in [3.05, 3.63) is 29.3 Å². The molecule has 1 aromatic rings. The van der Waals surface area contributed by atoms with Crippen molar-refractivity contribution in [2.45, 2.75) is 31.2 Å². The molecule has 0 saturated heterocycles. The number of amides is 1. The van der Waals surface area contributed by atoms with Crippen molar-refractivity contribution >= 4 is 5.91 Å². The van der Waals surface area contributed by atoms with Crippen molar-refractivity contribution in [2.24, 2.45) is 0 Å². The Hall–Kier alpha value is -1.93. The Morgan fingerprint density at radius 1 is 1.23 bits per heavy atom. The highest BCUT2D eigenvalue weighted by atomic mass is 19.4. The molecule has 0 aliphatic carbocycles. The normalized spacial score (nSPS) is 18.4. The van der Waals surface area contributed by atoms with Crippen LogP contribution < -0.4 is 10.1 Å². The minimum atomic E-state index is -5.02. The van der Waals surface area contributed by atoms with E-state index in [1.165, 1.54) is 18.2 Å². The molecule has 2 rings (SSSR count). The number of nitrogens with one attached hydrogen (secondary N) is 1. The summed E-state index contributed by atoms with van der Waals surface area (Å²) < 4.78 is 78.7. The van der Waals surface area contributed by atoms with Crippen molar-refractivity contribution in [1.29, 1.82) is 0 Å². The highest BCUT2D eigenvalue weighted by Crippen LogP contribution is 2.29. The van der Waals surface area contributed by atoms with Gasteiger partial charge in [-0.25, -0.2) is 0 Å². The molecule has 1 amide bonds. The van der Waals surface area contributed by atoms with Gasteiger partial charge in [0.2, 0.25) is 0 Å². The molecular weight excluding hydrogens is 316 g/mol. The smallest absolute Gasteiger partial charge is 0.471 e. The van der Waals surface area contributed by atoms with Gasteiger partial charge < -0.3 is 10.1 Å². The summed E-state index contributed by atoms with van der Waals surface area (Å²) in [4.78, 5) is 10.9. The molecule has 0 spiro atoms. The van der Waals surface area contributed by atoms with Gasteiger partial charge in [0.05, 0.1) is 12.5 Å². The van der Waals surface area contributed by atoms with Gasteiger partial charge in [-0.05, 0) is 23.6 Å². The monoisotopic (exact) mass is 327 g/mol. The molecule has 1 atom stereocenters. The highest BCUT2D eigenvalue weighted by Gasteiger charge is 2.40. The van der Waals surface area contributed by atoms with E-state index in [0.717, 1.165) is 0 Å². The highest BCUT2D eigenvalue weighted by molar-refractivity contribution is 5.82. The van der Waals surface area contributed by atoms with E-state index in [1.807, 2.05) is 0 Å². The van der Waals surface area contributed by atoms with Crippen LogP contribution in [0.5, 0.6) is 5.75 Å². The summed E-state index contributed by atoms with van der Waals surface area (Å²) in [5, 5.41) is 1.76. The fourth-order valence-electron chi connectivity index (χ4n) is 2.15. The molecule has 22 heavy (non-hydrogen) atoms. The lowest BCUT2D eigenvalue weighted by molar-refractivity contribution is -0.174. The number of fused-ring (bicyclic) bond motifs is 1. The van der Waals surface area contributed by atoms with Crippen LogP contribution in [0.25, 0.3) is 0 Å². The summed E-state index contributed by atoms with van der Waals surface area (Å²) in [6, 6.07) is 2.89. The van der Waals surface area contributed by atoms with E-state index in [9.17, 15) is 31.1 Å². The lowest BCUT2D eigenvalue weighted by Gasteiger charge is -2.27. The SMILES string of the molecule is O=C(N[C@H]1COc2ccc(CC(F)(F)F)cc2C1)C(F)(F)F. The fraction of sp³-hybridized carbons (Fsp3) is 0.462. The number of alkyl halides is 6. The van der Waals surface area contributed by atoms with Crippen molar-refractivity contribution in [3.63, 3.8) is 0 Å². The largest absolute Gasteiger partial charge is 0.491 e. The number of halogens is 6. The minimum Gasteiger partial charge on any atom is -0.491 e. The standard InChI is InChI=1S/C13H11F6NO2/c14-12(15,16)5-7-1-2-10-8(3-7)4-9(6-22-10)20-11(21)13(17,18)19/h1-3,9H,4-6H2,(H,20,21)/t9-/m1/s1. The molecule has 9 heteroatoms. The first-order valence-electron chi connectivity index (χ1n) is 6.23. The van der Waals surface area contributed by atoms with E-state index < -0.39 is 30.7 Å². The Labute approximate surface area is 121 Å². The van der Waals surface area contributed by atoms with Crippen molar-refractivity contribution in [2.75, 3.05) is 6.61 Å². The van der Waals surface area contributed by atoms with Crippen LogP contribution in [-0.2, 0) is 17.6 Å². The topological polar surface area (TPSA) is 38.3 Å². The third-order valence-electron chi connectivity index (χ3n) is 3.03. The third-order valence-corrected chi connectivity index (χ3v) is 3.03. The fourth-order valence-corrected chi connectivity index (χ4v) is 2.15. The zero-order chi connectivity index (χ0) is 16.5. The summed E-state index contributed by atoms with van der Waals surface area (Å²) >= 11 is 0. The number of ether oxygens (including phenoxy) is 1. The Morgan fingerprint density at radius 2 is 1.91 bits per heavy atom. The zero-order valence-electron chi connectivity index (χ0n) is 11.0. The predicted molar refractivity (Wildman–Crippen MR) is 63.4 cm³/mol. The van der Waals surface area contributed by atoms with Crippen LogP contribution in [0.3, 0.4) is 0 Å². The van der Waals surface area contributed by atoms with Gasteiger partial charge in [-0.1, -0.05) is 12.1 Å². The van der Waals surface area contributed by atoms with Crippen LogP contribution in [0.4, 0.5) is 26.3 Å². The van der Waals surface area contributed by atoms with Crippen LogP contribution >= 0.6 is 0 Å². The van der Waals surface area contributed by atoms with Gasteiger partial charge in [-0.2, -0.15) is 26.3 Å². The maximum absolute atomic E-state index is 12.3. The Morgan fingerprint density at radius 3 is 2.50 bits per heavy atom. The summed E-state index contributed by atoms with van der Waals surface area (Å²) in [5.74, 6) is -1.79. The Kier molecular flexibility index (Phi) is 4.25. The van der Waals surface area contributed by atoms with Gasteiger partial charge in [0, 0.05) is 0 Å². The average molecular weight is 327 g/mol. The molecule has 1 aliphatic heterocycles. The number of rotatable bonds is 2. The second-order valence-corrected chi connectivity index (χ2v) is 4.92. The van der Waals surface area contributed by atoms with Crippen LogP contribution in [0.1, 0.15) is 11.1 Å². The van der Waals surface area contributed by atoms with Gasteiger partial charge >= 0.3 is 18.3 Å². The maximum Gasteiger partial charge on any atom is 0.471 e. The zero-order valence-corrected chi connectivity index (χ0v) is 11.0. The molecule has 1 N–H and O–H groups in total. The minimum absolute atomic E-state index is 0.0161. The van der Waals surface area contributed by atoms with Gasteiger partial charge in [-0.15, -0.1) is 0 Å². The van der Waals surface area contributed by atoms with E-state index >= 15 is 0 Å². The summed E-state index contributed by atoms with van der Waals surface area (Å²) in [6.07, 6.45) is -10.6. The van der Waals surface area contributed by atoms with Gasteiger partial charge in [-0.3, -0.25) is 4.79 Å². The average Bonchev–Trinajstić information content (AvgIpc) is 2.35. The lowest BCUT2D eigenvalue weighted by atomic mass is 9.99. The van der Waals surface area contributed by atoms with Gasteiger partial charge in [0.25, 0.3) is 0 Å². The molecule has 122 valence electrons.